The Labute approximate surface area is 124 Å². The van der Waals surface area contributed by atoms with Crippen LogP contribution in [0.15, 0.2) is 24.3 Å². The molecule has 1 aromatic carbocycles. The third-order valence-electron chi connectivity index (χ3n) is 3.07. The number of tetrazole rings is 1. The van der Waals surface area contributed by atoms with Crippen molar-refractivity contribution in [2.75, 3.05) is 32.7 Å². The SMILES string of the molecule is COCCOCCCCn1nnnc1-c1ccccc1N. The van der Waals surface area contributed by atoms with Crippen LogP contribution < -0.4 is 5.73 Å². The van der Waals surface area contributed by atoms with Crippen LogP contribution >= 0.6 is 0 Å². The molecule has 0 atom stereocenters. The van der Waals surface area contributed by atoms with Crippen molar-refractivity contribution < 1.29 is 9.47 Å². The minimum absolute atomic E-state index is 0.629. The Morgan fingerprint density at radius 1 is 1.14 bits per heavy atom. The summed E-state index contributed by atoms with van der Waals surface area (Å²) >= 11 is 0. The highest BCUT2D eigenvalue weighted by Gasteiger charge is 2.10. The van der Waals surface area contributed by atoms with Gasteiger partial charge in [-0.05, 0) is 35.4 Å². The Morgan fingerprint density at radius 3 is 2.81 bits per heavy atom. The van der Waals surface area contributed by atoms with Crippen LogP contribution in [0.1, 0.15) is 12.8 Å². The van der Waals surface area contributed by atoms with Gasteiger partial charge in [-0.2, -0.15) is 0 Å². The second-order valence-electron chi connectivity index (χ2n) is 4.63. The molecule has 0 unspecified atom stereocenters. The molecule has 0 aliphatic carbocycles. The molecule has 0 fully saturated rings. The summed E-state index contributed by atoms with van der Waals surface area (Å²) in [5, 5.41) is 11.8. The topological polar surface area (TPSA) is 88.1 Å². The van der Waals surface area contributed by atoms with Gasteiger partial charge in [0.25, 0.3) is 0 Å². The number of nitrogens with two attached hydrogens (primary N) is 1. The summed E-state index contributed by atoms with van der Waals surface area (Å²) < 4.78 is 12.1. The number of rotatable bonds is 9. The van der Waals surface area contributed by atoms with Crippen LogP contribution in [-0.2, 0) is 16.0 Å². The highest BCUT2D eigenvalue weighted by Crippen LogP contribution is 2.22. The number of methoxy groups -OCH3 is 1. The zero-order valence-corrected chi connectivity index (χ0v) is 12.2. The highest BCUT2D eigenvalue weighted by molar-refractivity contribution is 5.70. The van der Waals surface area contributed by atoms with E-state index < -0.39 is 0 Å². The van der Waals surface area contributed by atoms with Crippen LogP contribution in [0.5, 0.6) is 0 Å². The second kappa shape index (κ2) is 8.33. The first kappa shape index (κ1) is 15.4. The molecule has 0 radical (unpaired) electrons. The summed E-state index contributed by atoms with van der Waals surface area (Å²) in [6.07, 6.45) is 1.89. The van der Waals surface area contributed by atoms with Crippen LogP contribution in [0, 0.1) is 0 Å². The first-order valence-corrected chi connectivity index (χ1v) is 7.00. The van der Waals surface area contributed by atoms with Crippen molar-refractivity contribution in [2.45, 2.75) is 19.4 Å². The number of para-hydroxylation sites is 1. The van der Waals surface area contributed by atoms with Gasteiger partial charge in [0.05, 0.1) is 13.2 Å². The lowest BCUT2D eigenvalue weighted by Crippen LogP contribution is -2.07. The normalized spacial score (nSPS) is 10.9. The maximum absolute atomic E-state index is 5.96. The number of hydrogen-bond acceptors (Lipinski definition) is 6. The van der Waals surface area contributed by atoms with Crippen LogP contribution in [-0.4, -0.2) is 47.1 Å². The second-order valence-corrected chi connectivity index (χ2v) is 4.63. The van der Waals surface area contributed by atoms with E-state index in [1.54, 1.807) is 11.8 Å². The number of aromatic nitrogens is 4. The maximum atomic E-state index is 5.96. The molecule has 0 aliphatic heterocycles. The van der Waals surface area contributed by atoms with Gasteiger partial charge in [0.2, 0.25) is 0 Å². The molecule has 21 heavy (non-hydrogen) atoms. The van der Waals surface area contributed by atoms with Gasteiger partial charge in [0, 0.05) is 31.5 Å². The van der Waals surface area contributed by atoms with Crippen molar-refractivity contribution in [3.05, 3.63) is 24.3 Å². The van der Waals surface area contributed by atoms with E-state index in [4.69, 9.17) is 15.2 Å². The molecular formula is C14H21N5O2. The Morgan fingerprint density at radius 2 is 2.00 bits per heavy atom. The van der Waals surface area contributed by atoms with E-state index in [1.807, 2.05) is 24.3 Å². The van der Waals surface area contributed by atoms with Gasteiger partial charge in [-0.15, -0.1) is 5.10 Å². The van der Waals surface area contributed by atoms with Crippen molar-refractivity contribution in [3.63, 3.8) is 0 Å². The first-order chi connectivity index (χ1) is 10.3. The molecule has 0 saturated carbocycles. The third-order valence-corrected chi connectivity index (χ3v) is 3.07. The van der Waals surface area contributed by atoms with Crippen molar-refractivity contribution in [1.29, 1.82) is 0 Å². The van der Waals surface area contributed by atoms with E-state index >= 15 is 0 Å². The van der Waals surface area contributed by atoms with E-state index in [0.717, 1.165) is 24.9 Å². The summed E-state index contributed by atoms with van der Waals surface area (Å²) in [6.45, 7) is 2.72. The number of anilines is 1. The van der Waals surface area contributed by atoms with E-state index in [1.165, 1.54) is 0 Å². The van der Waals surface area contributed by atoms with Crippen LogP contribution in [0.3, 0.4) is 0 Å². The number of nitrogens with zero attached hydrogens (tertiary/aromatic N) is 4. The van der Waals surface area contributed by atoms with Crippen molar-refractivity contribution in [1.82, 2.24) is 20.2 Å². The molecular weight excluding hydrogens is 270 g/mol. The van der Waals surface area contributed by atoms with E-state index in [2.05, 4.69) is 15.5 Å². The number of unbranched alkanes of at least 4 members (excludes halogenated alkanes) is 1. The van der Waals surface area contributed by atoms with Crippen LogP contribution in [0.25, 0.3) is 11.4 Å². The van der Waals surface area contributed by atoms with E-state index in [-0.39, 0.29) is 0 Å². The summed E-state index contributed by atoms with van der Waals surface area (Å²) in [5.41, 5.74) is 7.50. The Kier molecular flexibility index (Phi) is 6.11. The standard InChI is InChI=1S/C14H21N5O2/c1-20-10-11-21-9-5-4-8-19-14(16-17-18-19)12-6-2-3-7-13(12)15/h2-3,6-7H,4-5,8-11,15H2,1H3. The Balaban J connectivity index is 1.83. The number of ether oxygens (including phenoxy) is 2. The number of nitrogen functional groups attached to an aromatic ring is 1. The predicted molar refractivity (Wildman–Crippen MR) is 79.6 cm³/mol. The maximum Gasteiger partial charge on any atom is 0.184 e. The highest BCUT2D eigenvalue weighted by atomic mass is 16.5. The van der Waals surface area contributed by atoms with Gasteiger partial charge in [-0.25, -0.2) is 4.68 Å². The number of benzene rings is 1. The lowest BCUT2D eigenvalue weighted by atomic mass is 10.1. The molecule has 2 N–H and O–H groups in total. The molecule has 0 bridgehead atoms. The van der Waals surface area contributed by atoms with Gasteiger partial charge < -0.3 is 15.2 Å². The molecule has 1 aromatic heterocycles. The molecule has 0 amide bonds. The van der Waals surface area contributed by atoms with E-state index in [9.17, 15) is 0 Å². The fourth-order valence-electron chi connectivity index (χ4n) is 1.96. The number of hydrogen-bond donors (Lipinski definition) is 1. The molecule has 7 heteroatoms. The number of aryl methyl sites for hydroxylation is 1. The molecule has 7 nitrogen and oxygen atoms in total. The smallest absolute Gasteiger partial charge is 0.184 e. The molecule has 0 spiro atoms. The van der Waals surface area contributed by atoms with Gasteiger partial charge in [0.15, 0.2) is 5.82 Å². The van der Waals surface area contributed by atoms with Crippen molar-refractivity contribution in [3.8, 4) is 11.4 Å². The Bertz CT molecular complexity index is 544. The fourth-order valence-corrected chi connectivity index (χ4v) is 1.96. The molecule has 1 heterocycles. The monoisotopic (exact) mass is 291 g/mol. The van der Waals surface area contributed by atoms with E-state index in [0.29, 0.717) is 31.3 Å². The fraction of sp³-hybridized carbons (Fsp3) is 0.500. The van der Waals surface area contributed by atoms with Crippen LogP contribution in [0.2, 0.25) is 0 Å². The van der Waals surface area contributed by atoms with Gasteiger partial charge in [-0.1, -0.05) is 12.1 Å². The average Bonchev–Trinajstić information content (AvgIpc) is 2.95. The minimum Gasteiger partial charge on any atom is -0.398 e. The Hall–Kier alpha value is -1.99. The van der Waals surface area contributed by atoms with Crippen molar-refractivity contribution >= 4 is 5.69 Å². The lowest BCUT2D eigenvalue weighted by molar-refractivity contribution is 0.0683. The van der Waals surface area contributed by atoms with Gasteiger partial charge in [-0.3, -0.25) is 0 Å². The largest absolute Gasteiger partial charge is 0.398 e. The summed E-state index contributed by atoms with van der Waals surface area (Å²) in [6, 6.07) is 7.59. The molecule has 0 aliphatic rings. The summed E-state index contributed by atoms with van der Waals surface area (Å²) in [4.78, 5) is 0. The van der Waals surface area contributed by atoms with Gasteiger partial charge in [0.1, 0.15) is 0 Å². The lowest BCUT2D eigenvalue weighted by Gasteiger charge is -2.07. The third kappa shape index (κ3) is 4.51. The molecule has 2 rings (SSSR count). The average molecular weight is 291 g/mol. The molecule has 2 aromatic rings. The zero-order valence-electron chi connectivity index (χ0n) is 12.2. The quantitative estimate of drug-likeness (QED) is 0.554. The molecule has 114 valence electrons. The van der Waals surface area contributed by atoms with Crippen LogP contribution in [0.4, 0.5) is 5.69 Å². The summed E-state index contributed by atoms with van der Waals surface area (Å²) in [5.74, 6) is 0.702. The molecule has 0 saturated heterocycles. The van der Waals surface area contributed by atoms with Crippen molar-refractivity contribution in [2.24, 2.45) is 0 Å². The minimum atomic E-state index is 0.629. The predicted octanol–water partition coefficient (Wildman–Crippen LogP) is 1.37. The van der Waals surface area contributed by atoms with Gasteiger partial charge >= 0.3 is 0 Å². The first-order valence-electron chi connectivity index (χ1n) is 7.00. The summed E-state index contributed by atoms with van der Waals surface area (Å²) in [7, 11) is 1.66. The zero-order chi connectivity index (χ0) is 14.9.